The van der Waals surface area contributed by atoms with E-state index in [1.165, 1.54) is 18.2 Å². The molecule has 3 nitrogen and oxygen atoms in total. The highest BCUT2D eigenvalue weighted by Gasteiger charge is 2.34. The Morgan fingerprint density at radius 1 is 1.42 bits per heavy atom. The van der Waals surface area contributed by atoms with E-state index >= 15 is 0 Å². The molecule has 0 aromatic heterocycles. The molecule has 0 saturated carbocycles. The summed E-state index contributed by atoms with van der Waals surface area (Å²) in [5, 5.41) is 0. The molecule has 1 aliphatic heterocycles. The predicted molar refractivity (Wildman–Crippen MR) is 74.3 cm³/mol. The first-order chi connectivity index (χ1) is 8.79. The minimum atomic E-state index is -0.481. The Hall–Kier alpha value is -1.58. The Morgan fingerprint density at radius 3 is 2.63 bits per heavy atom. The number of amides is 1. The number of halogens is 1. The summed E-state index contributed by atoms with van der Waals surface area (Å²) in [6, 6.07) is 4.17. The summed E-state index contributed by atoms with van der Waals surface area (Å²) in [5.41, 5.74) is 6.20. The van der Waals surface area contributed by atoms with Gasteiger partial charge in [-0.05, 0) is 36.0 Å². The highest BCUT2D eigenvalue weighted by Crippen LogP contribution is 2.34. The van der Waals surface area contributed by atoms with Crippen molar-refractivity contribution in [2.24, 2.45) is 11.3 Å². The van der Waals surface area contributed by atoms with Crippen LogP contribution < -0.4 is 5.73 Å². The van der Waals surface area contributed by atoms with Gasteiger partial charge >= 0.3 is 0 Å². The second-order valence-corrected chi connectivity index (χ2v) is 6.34. The van der Waals surface area contributed by atoms with Crippen molar-refractivity contribution in [3.05, 3.63) is 29.6 Å². The van der Waals surface area contributed by atoms with Crippen molar-refractivity contribution in [2.45, 2.75) is 27.2 Å². The SMILES string of the molecule is CC(C)(C)C1CCN(C(=O)c2ccc(F)c(N)c2)C1. The number of benzene rings is 1. The summed E-state index contributed by atoms with van der Waals surface area (Å²) in [6.07, 6.45) is 1.02. The number of hydrogen-bond acceptors (Lipinski definition) is 2. The Kier molecular flexibility index (Phi) is 3.52. The van der Waals surface area contributed by atoms with Gasteiger partial charge in [0.2, 0.25) is 0 Å². The summed E-state index contributed by atoms with van der Waals surface area (Å²) in [5.74, 6) is -0.0294. The Labute approximate surface area is 113 Å². The number of carbonyl (C=O) groups is 1. The fraction of sp³-hybridized carbons (Fsp3) is 0.533. The maximum absolute atomic E-state index is 13.1. The largest absolute Gasteiger partial charge is 0.396 e. The quantitative estimate of drug-likeness (QED) is 0.793. The second-order valence-electron chi connectivity index (χ2n) is 6.34. The first-order valence-corrected chi connectivity index (χ1v) is 6.63. The van der Waals surface area contributed by atoms with Gasteiger partial charge in [0.05, 0.1) is 5.69 Å². The molecule has 1 amide bonds. The summed E-state index contributed by atoms with van der Waals surface area (Å²) in [6.45, 7) is 8.11. The third-order valence-corrected chi connectivity index (χ3v) is 3.94. The molecule has 0 bridgehead atoms. The predicted octanol–water partition coefficient (Wildman–Crippen LogP) is 2.92. The van der Waals surface area contributed by atoms with Gasteiger partial charge in [0, 0.05) is 18.7 Å². The number of carbonyl (C=O) groups excluding carboxylic acids is 1. The van der Waals surface area contributed by atoms with Crippen LogP contribution in [0.5, 0.6) is 0 Å². The molecular weight excluding hydrogens is 243 g/mol. The number of nitrogen functional groups attached to an aromatic ring is 1. The molecule has 0 spiro atoms. The van der Waals surface area contributed by atoms with E-state index < -0.39 is 5.82 Å². The van der Waals surface area contributed by atoms with E-state index in [1.807, 2.05) is 4.90 Å². The molecule has 1 saturated heterocycles. The fourth-order valence-electron chi connectivity index (χ4n) is 2.51. The fourth-order valence-corrected chi connectivity index (χ4v) is 2.51. The van der Waals surface area contributed by atoms with Crippen molar-refractivity contribution >= 4 is 11.6 Å². The molecule has 1 atom stereocenters. The minimum absolute atomic E-state index is 0.0254. The normalized spacial score (nSPS) is 19.8. The van der Waals surface area contributed by atoms with Crippen molar-refractivity contribution in [2.75, 3.05) is 18.8 Å². The van der Waals surface area contributed by atoms with Crippen LogP contribution in [0.4, 0.5) is 10.1 Å². The van der Waals surface area contributed by atoms with Gasteiger partial charge in [-0.15, -0.1) is 0 Å². The average Bonchev–Trinajstić information content (AvgIpc) is 2.81. The first kappa shape index (κ1) is 13.8. The van der Waals surface area contributed by atoms with Crippen molar-refractivity contribution in [3.63, 3.8) is 0 Å². The highest BCUT2D eigenvalue weighted by molar-refractivity contribution is 5.95. The van der Waals surface area contributed by atoms with Crippen LogP contribution in [0.15, 0.2) is 18.2 Å². The maximum Gasteiger partial charge on any atom is 0.253 e. The Morgan fingerprint density at radius 2 is 2.11 bits per heavy atom. The van der Waals surface area contributed by atoms with E-state index in [0.717, 1.165) is 19.5 Å². The number of likely N-dealkylation sites (tertiary alicyclic amines) is 1. The summed E-state index contributed by atoms with van der Waals surface area (Å²) in [4.78, 5) is 14.2. The van der Waals surface area contributed by atoms with Crippen molar-refractivity contribution < 1.29 is 9.18 Å². The number of rotatable bonds is 1. The Balaban J connectivity index is 2.11. The van der Waals surface area contributed by atoms with Crippen LogP contribution in [0.3, 0.4) is 0 Å². The van der Waals surface area contributed by atoms with E-state index in [4.69, 9.17) is 5.73 Å². The van der Waals surface area contributed by atoms with Gasteiger partial charge in [0.15, 0.2) is 0 Å². The molecule has 1 aliphatic rings. The van der Waals surface area contributed by atoms with Crippen molar-refractivity contribution in [1.82, 2.24) is 4.90 Å². The zero-order valence-electron chi connectivity index (χ0n) is 11.7. The lowest BCUT2D eigenvalue weighted by Crippen LogP contribution is -2.31. The lowest BCUT2D eigenvalue weighted by molar-refractivity contribution is 0.0776. The van der Waals surface area contributed by atoms with Gasteiger partial charge in [-0.3, -0.25) is 4.79 Å². The molecule has 0 aliphatic carbocycles. The molecule has 1 aromatic rings. The number of nitrogens with zero attached hydrogens (tertiary/aromatic N) is 1. The molecule has 0 radical (unpaired) electrons. The molecule has 1 aromatic carbocycles. The number of anilines is 1. The van der Waals surface area contributed by atoms with E-state index in [1.54, 1.807) is 0 Å². The van der Waals surface area contributed by atoms with Crippen LogP contribution in [0, 0.1) is 17.2 Å². The van der Waals surface area contributed by atoms with Crippen LogP contribution in [-0.4, -0.2) is 23.9 Å². The molecule has 4 heteroatoms. The van der Waals surface area contributed by atoms with E-state index in [9.17, 15) is 9.18 Å². The van der Waals surface area contributed by atoms with Gasteiger partial charge < -0.3 is 10.6 Å². The molecule has 1 unspecified atom stereocenters. The summed E-state index contributed by atoms with van der Waals surface area (Å²) >= 11 is 0. The van der Waals surface area contributed by atoms with Gasteiger partial charge in [-0.25, -0.2) is 4.39 Å². The third-order valence-electron chi connectivity index (χ3n) is 3.94. The lowest BCUT2D eigenvalue weighted by atomic mass is 9.80. The third kappa shape index (κ3) is 2.88. The highest BCUT2D eigenvalue weighted by atomic mass is 19.1. The summed E-state index contributed by atoms with van der Waals surface area (Å²) < 4.78 is 13.1. The topological polar surface area (TPSA) is 46.3 Å². The second kappa shape index (κ2) is 4.83. The van der Waals surface area contributed by atoms with E-state index in [2.05, 4.69) is 20.8 Å². The standard InChI is InChI=1S/C15H21FN2O/c1-15(2,3)11-6-7-18(9-11)14(19)10-4-5-12(16)13(17)8-10/h4-5,8,11H,6-7,9,17H2,1-3H3. The van der Waals surface area contributed by atoms with Crippen molar-refractivity contribution in [3.8, 4) is 0 Å². The van der Waals surface area contributed by atoms with Gasteiger partial charge in [-0.1, -0.05) is 20.8 Å². The zero-order valence-corrected chi connectivity index (χ0v) is 11.7. The van der Waals surface area contributed by atoms with Crippen LogP contribution in [0.1, 0.15) is 37.6 Å². The lowest BCUT2D eigenvalue weighted by Gasteiger charge is -2.27. The van der Waals surface area contributed by atoms with Crippen molar-refractivity contribution in [1.29, 1.82) is 0 Å². The molecule has 1 fully saturated rings. The monoisotopic (exact) mass is 264 g/mol. The van der Waals surface area contributed by atoms with Crippen LogP contribution in [-0.2, 0) is 0 Å². The first-order valence-electron chi connectivity index (χ1n) is 6.63. The summed E-state index contributed by atoms with van der Waals surface area (Å²) in [7, 11) is 0. The van der Waals surface area contributed by atoms with E-state index in [0.29, 0.717) is 11.5 Å². The molecule has 19 heavy (non-hydrogen) atoms. The van der Waals surface area contributed by atoms with Crippen LogP contribution in [0.25, 0.3) is 0 Å². The zero-order chi connectivity index (χ0) is 14.2. The number of nitrogens with two attached hydrogens (primary N) is 1. The molecule has 2 rings (SSSR count). The molecule has 2 N–H and O–H groups in total. The number of hydrogen-bond donors (Lipinski definition) is 1. The van der Waals surface area contributed by atoms with Crippen LogP contribution in [0.2, 0.25) is 0 Å². The van der Waals surface area contributed by atoms with E-state index in [-0.39, 0.29) is 17.0 Å². The molecule has 1 heterocycles. The van der Waals surface area contributed by atoms with Crippen LogP contribution >= 0.6 is 0 Å². The maximum atomic E-state index is 13.1. The van der Waals surface area contributed by atoms with Gasteiger partial charge in [0.1, 0.15) is 5.82 Å². The Bertz CT molecular complexity index is 493. The minimum Gasteiger partial charge on any atom is -0.396 e. The van der Waals surface area contributed by atoms with Gasteiger partial charge in [0.25, 0.3) is 5.91 Å². The van der Waals surface area contributed by atoms with Gasteiger partial charge in [-0.2, -0.15) is 0 Å². The molecule has 104 valence electrons. The smallest absolute Gasteiger partial charge is 0.253 e. The average molecular weight is 264 g/mol. The molecular formula is C15H21FN2O.